The molecule has 0 saturated carbocycles. The van der Waals surface area contributed by atoms with E-state index >= 15 is 0 Å². The van der Waals surface area contributed by atoms with Gasteiger partial charge in [-0.05, 0) is 74.6 Å². The van der Waals surface area contributed by atoms with Gasteiger partial charge in [0.25, 0.3) is 0 Å². The van der Waals surface area contributed by atoms with E-state index in [-0.39, 0.29) is 51.7 Å². The minimum absolute atomic E-state index is 0.0675. The van der Waals surface area contributed by atoms with E-state index < -0.39 is 41.6 Å². The van der Waals surface area contributed by atoms with Crippen molar-refractivity contribution in [1.82, 2.24) is 0 Å². The molecular weight excluding hydrogens is 596 g/mol. The van der Waals surface area contributed by atoms with Crippen LogP contribution in [0.5, 0.6) is 11.5 Å². The van der Waals surface area contributed by atoms with Gasteiger partial charge in [-0.2, -0.15) is 0 Å². The number of furan rings is 1. The number of phenols is 1. The molecule has 5 rings (SSSR count). The van der Waals surface area contributed by atoms with Crippen molar-refractivity contribution >= 4 is 35.7 Å². The zero-order chi connectivity index (χ0) is 33.0. The lowest BCUT2D eigenvalue weighted by Crippen LogP contribution is -2.23. The second-order valence-corrected chi connectivity index (χ2v) is 11.3. The highest BCUT2D eigenvalue weighted by molar-refractivity contribution is 5.99. The predicted octanol–water partition coefficient (Wildman–Crippen LogP) is 6.15. The van der Waals surface area contributed by atoms with Crippen molar-refractivity contribution in [2.24, 2.45) is 0 Å². The van der Waals surface area contributed by atoms with Crippen LogP contribution in [0.1, 0.15) is 106 Å². The summed E-state index contributed by atoms with van der Waals surface area (Å²) in [5.41, 5.74) is 0.975. The number of rotatable bonds is 4. The third-order valence-corrected chi connectivity index (χ3v) is 8.01. The Hall–Kier alpha value is -5.19. The fraction of sp³-hybridized carbons (Fsp3) is 0.343. The van der Waals surface area contributed by atoms with E-state index in [0.29, 0.717) is 49.7 Å². The van der Waals surface area contributed by atoms with Crippen molar-refractivity contribution in [3.05, 3.63) is 76.1 Å². The van der Waals surface area contributed by atoms with Crippen molar-refractivity contribution in [2.75, 3.05) is 14.2 Å². The van der Waals surface area contributed by atoms with Gasteiger partial charge in [-0.15, -0.1) is 0 Å². The van der Waals surface area contributed by atoms with Crippen LogP contribution in [0.15, 0.2) is 46.9 Å². The third kappa shape index (κ3) is 6.88. The molecule has 46 heavy (non-hydrogen) atoms. The zero-order valence-corrected chi connectivity index (χ0v) is 25.8. The average molecular weight is 631 g/mol. The quantitative estimate of drug-likeness (QED) is 0.200. The Balaban J connectivity index is 1.57. The number of Topliss-reactive ketones (excluding diaryl/α,β-unsaturated/α-hetero) is 1. The molecule has 1 N–H and O–H groups in total. The van der Waals surface area contributed by atoms with Crippen LogP contribution in [0, 0.1) is 0 Å². The first kappa shape index (κ1) is 32.2. The minimum Gasteiger partial charge on any atom is -0.507 e. The van der Waals surface area contributed by atoms with Crippen LogP contribution in [0.25, 0.3) is 17.4 Å². The molecule has 0 bridgehead atoms. The standard InChI is InChI=1S/C35H34O11/c1-19-8-7-11-24(36)10-6-4-5-9-20-17-28-31(32(38)30(20)35(41)44-19)25(18-29(37)46-28)27-13-12-26(45-27)21-14-22(33(39)42-2)16-23(15-21)34(40)43-3/h5,9,12-17,19,25,38H,4,6-8,10-11,18H2,1-3H3/b9-5+/t19-,25?/m0/s1. The molecule has 0 saturated heterocycles. The second-order valence-electron chi connectivity index (χ2n) is 11.3. The van der Waals surface area contributed by atoms with E-state index in [1.54, 1.807) is 31.2 Å². The van der Waals surface area contributed by atoms with Gasteiger partial charge in [-0.3, -0.25) is 9.59 Å². The topological polar surface area (TPSA) is 156 Å². The lowest BCUT2D eigenvalue weighted by atomic mass is 9.86. The maximum Gasteiger partial charge on any atom is 0.342 e. The SMILES string of the molecule is COC(=O)c1cc(C(=O)OC)cc(-c2ccc(C3CC(=O)Oc4cc5c(c(O)c43)C(=O)O[C@@H](C)CCCC(=O)CCC/C=C/5)o2)c1. The summed E-state index contributed by atoms with van der Waals surface area (Å²) in [5.74, 6) is -3.13. The van der Waals surface area contributed by atoms with Gasteiger partial charge >= 0.3 is 23.9 Å². The number of hydrogen-bond acceptors (Lipinski definition) is 11. The van der Waals surface area contributed by atoms with E-state index in [2.05, 4.69) is 0 Å². The number of benzene rings is 2. The highest BCUT2D eigenvalue weighted by Gasteiger charge is 2.37. The number of allylic oxidation sites excluding steroid dienone is 1. The summed E-state index contributed by atoms with van der Waals surface area (Å²) in [7, 11) is 2.44. The predicted molar refractivity (Wildman–Crippen MR) is 164 cm³/mol. The number of hydrogen-bond donors (Lipinski definition) is 1. The van der Waals surface area contributed by atoms with Crippen LogP contribution in [0.4, 0.5) is 0 Å². The van der Waals surface area contributed by atoms with E-state index in [1.807, 2.05) is 0 Å². The number of ether oxygens (including phenoxy) is 4. The largest absolute Gasteiger partial charge is 0.507 e. The lowest BCUT2D eigenvalue weighted by Gasteiger charge is -2.26. The van der Waals surface area contributed by atoms with Crippen molar-refractivity contribution < 1.29 is 52.4 Å². The second kappa shape index (κ2) is 13.8. The molecule has 0 spiro atoms. The summed E-state index contributed by atoms with van der Waals surface area (Å²) in [6, 6.07) is 9.05. The normalized spacial score (nSPS) is 19.5. The molecule has 1 unspecified atom stereocenters. The van der Waals surface area contributed by atoms with Crippen LogP contribution < -0.4 is 4.74 Å². The van der Waals surface area contributed by atoms with Gasteiger partial charge in [0.2, 0.25) is 0 Å². The Labute approximate surface area is 265 Å². The smallest absolute Gasteiger partial charge is 0.342 e. The van der Waals surface area contributed by atoms with E-state index in [0.717, 1.165) is 0 Å². The first-order valence-corrected chi connectivity index (χ1v) is 15.0. The van der Waals surface area contributed by atoms with Crippen LogP contribution in [0.3, 0.4) is 0 Å². The molecule has 2 aromatic carbocycles. The summed E-state index contributed by atoms with van der Waals surface area (Å²) >= 11 is 0. The number of phenolic OH excluding ortho intramolecular Hbond substituents is 1. The van der Waals surface area contributed by atoms with Crippen molar-refractivity contribution in [2.45, 2.75) is 63.9 Å². The van der Waals surface area contributed by atoms with E-state index in [9.17, 15) is 29.1 Å². The highest BCUT2D eigenvalue weighted by atomic mass is 16.5. The van der Waals surface area contributed by atoms with Crippen molar-refractivity contribution in [1.29, 1.82) is 0 Å². The maximum absolute atomic E-state index is 13.5. The van der Waals surface area contributed by atoms with Crippen molar-refractivity contribution in [3.8, 4) is 22.8 Å². The van der Waals surface area contributed by atoms with E-state index in [1.165, 1.54) is 38.5 Å². The summed E-state index contributed by atoms with van der Waals surface area (Å²) in [4.78, 5) is 63.1. The van der Waals surface area contributed by atoms with Crippen LogP contribution >= 0.6 is 0 Å². The lowest BCUT2D eigenvalue weighted by molar-refractivity contribution is -0.135. The first-order chi connectivity index (χ1) is 22.1. The molecule has 0 aliphatic carbocycles. The molecular formula is C35H34O11. The van der Waals surface area contributed by atoms with Gasteiger partial charge in [0.15, 0.2) is 0 Å². The van der Waals surface area contributed by atoms with Gasteiger partial charge < -0.3 is 28.5 Å². The average Bonchev–Trinajstić information content (AvgIpc) is 3.53. The highest BCUT2D eigenvalue weighted by Crippen LogP contribution is 2.48. The number of esters is 4. The summed E-state index contributed by atoms with van der Waals surface area (Å²) < 4.78 is 27.0. The number of carbonyl (C=O) groups excluding carboxylic acids is 5. The number of carbonyl (C=O) groups is 5. The Morgan fingerprint density at radius 1 is 0.935 bits per heavy atom. The Bertz CT molecular complexity index is 1690. The Morgan fingerprint density at radius 3 is 2.33 bits per heavy atom. The van der Waals surface area contributed by atoms with Gasteiger partial charge in [-0.1, -0.05) is 12.2 Å². The number of aromatic hydroxyl groups is 1. The number of ketones is 1. The van der Waals surface area contributed by atoms with Gasteiger partial charge in [0.05, 0.1) is 43.8 Å². The summed E-state index contributed by atoms with van der Waals surface area (Å²) in [5, 5.41) is 11.7. The maximum atomic E-state index is 13.5. The van der Waals surface area contributed by atoms with Gasteiger partial charge in [-0.25, -0.2) is 14.4 Å². The van der Waals surface area contributed by atoms with Gasteiger partial charge in [0.1, 0.15) is 34.4 Å². The molecule has 11 nitrogen and oxygen atoms in total. The molecule has 1 aromatic heterocycles. The molecule has 3 heterocycles. The molecule has 2 atom stereocenters. The summed E-state index contributed by atoms with van der Waals surface area (Å²) in [6.45, 7) is 1.73. The third-order valence-electron chi connectivity index (χ3n) is 8.01. The molecule has 3 aromatic rings. The molecule has 0 amide bonds. The fourth-order valence-corrected chi connectivity index (χ4v) is 5.70. The van der Waals surface area contributed by atoms with Crippen molar-refractivity contribution in [3.63, 3.8) is 0 Å². The Kier molecular flexibility index (Phi) is 9.69. The minimum atomic E-state index is -0.840. The molecule has 2 aliphatic rings. The van der Waals surface area contributed by atoms with Crippen LogP contribution in [0.2, 0.25) is 0 Å². The molecule has 240 valence electrons. The van der Waals surface area contributed by atoms with Crippen LogP contribution in [-0.2, 0) is 23.8 Å². The molecule has 0 radical (unpaired) electrons. The summed E-state index contributed by atoms with van der Waals surface area (Å²) in [6.07, 6.45) is 5.87. The first-order valence-electron chi connectivity index (χ1n) is 15.0. The molecule has 0 fully saturated rings. The number of cyclic esters (lactones) is 1. The fourth-order valence-electron chi connectivity index (χ4n) is 5.70. The molecule has 2 aliphatic heterocycles. The molecule has 11 heteroatoms. The Morgan fingerprint density at radius 2 is 1.63 bits per heavy atom. The van der Waals surface area contributed by atoms with E-state index in [4.69, 9.17) is 23.4 Å². The van der Waals surface area contributed by atoms with Gasteiger partial charge in [0, 0.05) is 24.0 Å². The van der Waals surface area contributed by atoms with Crippen LogP contribution in [-0.4, -0.2) is 55.1 Å². The zero-order valence-electron chi connectivity index (χ0n) is 25.8. The monoisotopic (exact) mass is 630 g/mol. The number of methoxy groups -OCH3 is 2. The number of fused-ring (bicyclic) bond motifs is 2.